The lowest BCUT2D eigenvalue weighted by molar-refractivity contribution is -0.0111. The van der Waals surface area contributed by atoms with Gasteiger partial charge in [-0.25, -0.2) is 0 Å². The van der Waals surface area contributed by atoms with Crippen LogP contribution in [-0.2, 0) is 11.2 Å². The highest BCUT2D eigenvalue weighted by molar-refractivity contribution is 5.54. The van der Waals surface area contributed by atoms with Gasteiger partial charge in [-0.2, -0.15) is 0 Å². The van der Waals surface area contributed by atoms with Gasteiger partial charge in [0, 0.05) is 19.0 Å². The highest BCUT2D eigenvalue weighted by Gasteiger charge is 2.58. The predicted octanol–water partition coefficient (Wildman–Crippen LogP) is 1.40. The van der Waals surface area contributed by atoms with Crippen LogP contribution in [0, 0.1) is 0 Å². The number of aliphatic hydroxyl groups is 1. The largest absolute Gasteiger partial charge is 0.499 e. The van der Waals surface area contributed by atoms with Crippen LogP contribution in [-0.4, -0.2) is 48.6 Å². The molecule has 5 nitrogen and oxygen atoms in total. The van der Waals surface area contributed by atoms with Crippen molar-refractivity contribution < 1.29 is 19.3 Å². The van der Waals surface area contributed by atoms with Gasteiger partial charge in [-0.15, -0.1) is 0 Å². The maximum Gasteiger partial charge on any atom is 0.231 e. The zero-order chi connectivity index (χ0) is 14.9. The van der Waals surface area contributed by atoms with E-state index >= 15 is 0 Å². The van der Waals surface area contributed by atoms with Gasteiger partial charge in [0.1, 0.15) is 11.9 Å². The minimum Gasteiger partial charge on any atom is -0.499 e. The third-order valence-corrected chi connectivity index (χ3v) is 5.77. The molecule has 1 aromatic carbocycles. The van der Waals surface area contributed by atoms with Gasteiger partial charge in [0.2, 0.25) is 6.79 Å². The van der Waals surface area contributed by atoms with Crippen LogP contribution in [0.25, 0.3) is 0 Å². The molecule has 1 aliphatic carbocycles. The zero-order valence-corrected chi connectivity index (χ0v) is 12.5. The van der Waals surface area contributed by atoms with E-state index < -0.39 is 6.10 Å². The highest BCUT2D eigenvalue weighted by atomic mass is 16.7. The second kappa shape index (κ2) is 4.18. The molecule has 5 rings (SSSR count). The average Bonchev–Trinajstić information content (AvgIpc) is 3.05. The Morgan fingerprint density at radius 2 is 2.09 bits per heavy atom. The van der Waals surface area contributed by atoms with Gasteiger partial charge >= 0.3 is 0 Å². The van der Waals surface area contributed by atoms with Crippen molar-refractivity contribution in [3.63, 3.8) is 0 Å². The first-order chi connectivity index (χ1) is 10.7. The Hall–Kier alpha value is -1.72. The van der Waals surface area contributed by atoms with E-state index in [9.17, 15) is 5.11 Å². The number of rotatable bonds is 1. The molecule has 0 saturated carbocycles. The van der Waals surface area contributed by atoms with Gasteiger partial charge in [0.25, 0.3) is 0 Å². The summed E-state index contributed by atoms with van der Waals surface area (Å²) in [4.78, 5) is 2.47. The van der Waals surface area contributed by atoms with Crippen molar-refractivity contribution in [2.75, 3.05) is 27.0 Å². The Kier molecular flexibility index (Phi) is 2.43. The smallest absolute Gasteiger partial charge is 0.231 e. The Balaban J connectivity index is 1.69. The van der Waals surface area contributed by atoms with E-state index in [1.165, 1.54) is 11.1 Å². The molecule has 1 spiro atoms. The van der Waals surface area contributed by atoms with Crippen LogP contribution < -0.4 is 9.47 Å². The normalized spacial score (nSPS) is 34.9. The molecule has 3 atom stereocenters. The average molecular weight is 301 g/mol. The lowest BCUT2D eigenvalue weighted by Crippen LogP contribution is -2.61. The molecule has 1 fully saturated rings. The summed E-state index contributed by atoms with van der Waals surface area (Å²) in [6, 6.07) is 4.16. The first kappa shape index (κ1) is 12.8. The first-order valence-electron chi connectivity index (χ1n) is 7.85. The minimum absolute atomic E-state index is 0.0169. The number of nitrogens with zero attached hydrogens (tertiary/aromatic N) is 1. The number of aliphatic hydroxyl groups excluding tert-OH is 1. The summed E-state index contributed by atoms with van der Waals surface area (Å²) in [6.07, 6.45) is 3.60. The van der Waals surface area contributed by atoms with Crippen LogP contribution in [0.2, 0.25) is 0 Å². The standard InChI is InChI=1S/C17H19NO4/c1-20-14-8-17-3-5-18(17)4-2-10-6-12-13(22-9-21-12)7-11(10)15(17)16(14)19/h6-8,15-16,19H,2-5,9H2,1H3. The van der Waals surface area contributed by atoms with E-state index in [-0.39, 0.29) is 18.2 Å². The van der Waals surface area contributed by atoms with E-state index in [2.05, 4.69) is 23.1 Å². The van der Waals surface area contributed by atoms with Gasteiger partial charge < -0.3 is 19.3 Å². The van der Waals surface area contributed by atoms with E-state index in [4.69, 9.17) is 14.2 Å². The third kappa shape index (κ3) is 1.41. The molecule has 0 amide bonds. The van der Waals surface area contributed by atoms with E-state index in [1.807, 2.05) is 0 Å². The Morgan fingerprint density at radius 1 is 1.27 bits per heavy atom. The zero-order valence-electron chi connectivity index (χ0n) is 12.5. The second-order valence-electron chi connectivity index (χ2n) is 6.56. The lowest BCUT2D eigenvalue weighted by atomic mass is 9.72. The quantitative estimate of drug-likeness (QED) is 0.850. The molecule has 0 bridgehead atoms. The topological polar surface area (TPSA) is 51.2 Å². The molecule has 1 saturated heterocycles. The van der Waals surface area contributed by atoms with Crippen LogP contribution in [0.3, 0.4) is 0 Å². The van der Waals surface area contributed by atoms with E-state index in [1.54, 1.807) is 7.11 Å². The van der Waals surface area contributed by atoms with Crippen molar-refractivity contribution in [3.8, 4) is 11.5 Å². The Labute approximate surface area is 129 Å². The second-order valence-corrected chi connectivity index (χ2v) is 6.56. The number of fused-ring (bicyclic) bond motifs is 3. The lowest BCUT2D eigenvalue weighted by Gasteiger charge is -2.52. The maximum atomic E-state index is 10.8. The summed E-state index contributed by atoms with van der Waals surface area (Å²) in [5, 5.41) is 10.8. The van der Waals surface area contributed by atoms with Crippen molar-refractivity contribution in [2.24, 2.45) is 0 Å². The first-order valence-corrected chi connectivity index (χ1v) is 7.85. The van der Waals surface area contributed by atoms with Gasteiger partial charge in [-0.1, -0.05) is 0 Å². The molecule has 0 radical (unpaired) electrons. The van der Waals surface area contributed by atoms with E-state index in [0.29, 0.717) is 5.76 Å². The van der Waals surface area contributed by atoms with Crippen molar-refractivity contribution in [1.29, 1.82) is 0 Å². The maximum absolute atomic E-state index is 10.8. The van der Waals surface area contributed by atoms with Crippen LogP contribution in [0.15, 0.2) is 24.0 Å². The van der Waals surface area contributed by atoms with Crippen LogP contribution in [0.4, 0.5) is 0 Å². The third-order valence-electron chi connectivity index (χ3n) is 5.77. The fraction of sp³-hybridized carbons (Fsp3) is 0.529. The number of methoxy groups -OCH3 is 1. The summed E-state index contributed by atoms with van der Waals surface area (Å²) < 4.78 is 16.5. The Bertz CT molecular complexity index is 685. The SMILES string of the molecule is COC1=CC23CCN2CCc2cc4c(cc2C3C1O)OCO4. The minimum atomic E-state index is -0.593. The van der Waals surface area contributed by atoms with Crippen molar-refractivity contribution >= 4 is 0 Å². The predicted molar refractivity (Wildman–Crippen MR) is 79.0 cm³/mol. The number of hydrogen-bond acceptors (Lipinski definition) is 5. The summed E-state index contributed by atoms with van der Waals surface area (Å²) in [5.41, 5.74) is 2.35. The molecule has 3 aliphatic heterocycles. The summed E-state index contributed by atoms with van der Waals surface area (Å²) in [7, 11) is 1.64. The molecule has 22 heavy (non-hydrogen) atoms. The van der Waals surface area contributed by atoms with Gasteiger partial charge in [-0.05, 0) is 42.2 Å². The fourth-order valence-electron chi connectivity index (χ4n) is 4.60. The molecule has 0 aromatic heterocycles. The number of ether oxygens (including phenoxy) is 3. The molecular formula is C17H19NO4. The molecule has 3 heterocycles. The van der Waals surface area contributed by atoms with Gasteiger partial charge in [-0.3, -0.25) is 4.90 Å². The monoisotopic (exact) mass is 301 g/mol. The van der Waals surface area contributed by atoms with Crippen LogP contribution in [0.1, 0.15) is 23.5 Å². The molecule has 116 valence electrons. The summed E-state index contributed by atoms with van der Waals surface area (Å²) in [6.45, 7) is 2.37. The summed E-state index contributed by atoms with van der Waals surface area (Å²) >= 11 is 0. The molecule has 1 aromatic rings. The van der Waals surface area contributed by atoms with Crippen molar-refractivity contribution in [2.45, 2.75) is 30.4 Å². The van der Waals surface area contributed by atoms with Gasteiger partial charge in [0.15, 0.2) is 11.5 Å². The van der Waals surface area contributed by atoms with Crippen LogP contribution in [0.5, 0.6) is 11.5 Å². The van der Waals surface area contributed by atoms with Gasteiger partial charge in [0.05, 0.1) is 12.6 Å². The molecule has 1 N–H and O–H groups in total. The molecule has 5 heteroatoms. The summed E-state index contributed by atoms with van der Waals surface area (Å²) in [5.74, 6) is 2.33. The molecular weight excluding hydrogens is 282 g/mol. The highest BCUT2D eigenvalue weighted by Crippen LogP contribution is 2.55. The molecule has 4 aliphatic rings. The van der Waals surface area contributed by atoms with Crippen molar-refractivity contribution in [3.05, 3.63) is 35.1 Å². The van der Waals surface area contributed by atoms with E-state index in [0.717, 1.165) is 37.4 Å². The fourth-order valence-corrected chi connectivity index (χ4v) is 4.60. The Morgan fingerprint density at radius 3 is 2.82 bits per heavy atom. The molecule has 3 unspecified atom stereocenters. The van der Waals surface area contributed by atoms with Crippen LogP contribution >= 0.6 is 0 Å². The van der Waals surface area contributed by atoms with Crippen molar-refractivity contribution in [1.82, 2.24) is 4.90 Å². The number of hydrogen-bond donors (Lipinski definition) is 1. The number of benzene rings is 1.